The first kappa shape index (κ1) is 23.2. The van der Waals surface area contributed by atoms with Gasteiger partial charge in [-0.1, -0.05) is 48.5 Å². The molecule has 1 saturated heterocycles. The average molecular weight is 453 g/mol. The first-order valence-electron chi connectivity index (χ1n) is 11.6. The van der Waals surface area contributed by atoms with E-state index in [-0.39, 0.29) is 17.9 Å². The van der Waals surface area contributed by atoms with Gasteiger partial charge < -0.3 is 9.64 Å². The Kier molecular flexibility index (Phi) is 7.67. The van der Waals surface area contributed by atoms with Gasteiger partial charge in [0.15, 0.2) is 0 Å². The number of aryl methyl sites for hydroxylation is 1. The molecule has 0 N–H and O–H groups in total. The molecule has 2 heterocycles. The Balaban J connectivity index is 1.36. The monoisotopic (exact) mass is 452 g/mol. The zero-order chi connectivity index (χ0) is 23.8. The Hall–Kier alpha value is -3.98. The van der Waals surface area contributed by atoms with Crippen LogP contribution in [-0.4, -0.2) is 40.2 Å². The van der Waals surface area contributed by atoms with E-state index in [4.69, 9.17) is 10.00 Å². The molecule has 2 atom stereocenters. The molecule has 4 rings (SSSR count). The van der Waals surface area contributed by atoms with Crippen LogP contribution in [0.25, 0.3) is 11.3 Å². The van der Waals surface area contributed by atoms with Crippen molar-refractivity contribution in [1.82, 2.24) is 15.1 Å². The Morgan fingerprint density at radius 2 is 1.88 bits per heavy atom. The number of allylic oxidation sites excluding steroid dienone is 1. The first-order valence-corrected chi connectivity index (χ1v) is 11.6. The second kappa shape index (κ2) is 11.2. The number of benzene rings is 2. The summed E-state index contributed by atoms with van der Waals surface area (Å²) in [5.74, 6) is 0.581. The molecule has 6 heteroatoms. The zero-order valence-corrected chi connectivity index (χ0v) is 19.1. The molecule has 1 aromatic heterocycles. The number of likely N-dealkylation sites (tertiary alicyclic amines) is 1. The van der Waals surface area contributed by atoms with E-state index < -0.39 is 0 Å². The van der Waals surface area contributed by atoms with Gasteiger partial charge in [0, 0.05) is 24.1 Å². The number of hydrogen-bond donors (Lipinski definition) is 0. The highest BCUT2D eigenvalue weighted by Crippen LogP contribution is 2.29. The highest BCUT2D eigenvalue weighted by Gasteiger charge is 2.38. The highest BCUT2D eigenvalue weighted by atomic mass is 16.5. The lowest BCUT2D eigenvalue weighted by Gasteiger charge is -2.24. The highest BCUT2D eigenvalue weighted by molar-refractivity contribution is 5.81. The van der Waals surface area contributed by atoms with Gasteiger partial charge >= 0.3 is 0 Å². The summed E-state index contributed by atoms with van der Waals surface area (Å²) >= 11 is 0. The minimum Gasteiger partial charge on any atom is -0.474 e. The lowest BCUT2D eigenvalue weighted by Crippen LogP contribution is -2.38. The van der Waals surface area contributed by atoms with Crippen molar-refractivity contribution >= 4 is 5.91 Å². The van der Waals surface area contributed by atoms with Crippen LogP contribution in [-0.2, 0) is 11.2 Å². The van der Waals surface area contributed by atoms with Gasteiger partial charge in [0.05, 0.1) is 23.4 Å². The summed E-state index contributed by atoms with van der Waals surface area (Å²) in [7, 11) is 0. The van der Waals surface area contributed by atoms with Crippen molar-refractivity contribution in [3.63, 3.8) is 0 Å². The van der Waals surface area contributed by atoms with Crippen LogP contribution in [0, 0.1) is 17.2 Å². The largest absolute Gasteiger partial charge is 0.474 e. The fourth-order valence-corrected chi connectivity index (χ4v) is 4.37. The summed E-state index contributed by atoms with van der Waals surface area (Å²) < 4.78 is 5.95. The molecular weight excluding hydrogens is 424 g/mol. The van der Waals surface area contributed by atoms with Crippen LogP contribution in [0.1, 0.15) is 30.4 Å². The molecule has 3 aromatic rings. The van der Waals surface area contributed by atoms with Crippen molar-refractivity contribution in [3.8, 4) is 23.2 Å². The number of rotatable bonds is 10. The number of carbonyl (C=O) groups is 1. The maximum atomic E-state index is 13.0. The van der Waals surface area contributed by atoms with Crippen molar-refractivity contribution in [2.24, 2.45) is 5.92 Å². The molecule has 0 unspecified atom stereocenters. The second-order valence-electron chi connectivity index (χ2n) is 8.49. The van der Waals surface area contributed by atoms with E-state index >= 15 is 0 Å². The molecule has 1 amide bonds. The van der Waals surface area contributed by atoms with Crippen molar-refractivity contribution in [2.45, 2.75) is 31.7 Å². The third-order valence-electron chi connectivity index (χ3n) is 6.16. The molecule has 0 bridgehead atoms. The SMILES string of the molecule is C=CC[C@@H]1C[C@@H](COc2ccc(-c3ccc(C#N)cc3)nn2)N(CCCc2ccccc2)C1=O. The molecule has 1 fully saturated rings. The van der Waals surface area contributed by atoms with Crippen LogP contribution in [0.3, 0.4) is 0 Å². The molecule has 172 valence electrons. The topological polar surface area (TPSA) is 79.1 Å². The number of hydrogen-bond acceptors (Lipinski definition) is 5. The molecule has 6 nitrogen and oxygen atoms in total. The Bertz CT molecular complexity index is 1140. The summed E-state index contributed by atoms with van der Waals surface area (Å²) in [6, 6.07) is 23.3. The Morgan fingerprint density at radius 3 is 2.56 bits per heavy atom. The number of carbonyl (C=O) groups excluding carboxylic acids is 1. The van der Waals surface area contributed by atoms with Crippen LogP contribution in [0.15, 0.2) is 79.4 Å². The third-order valence-corrected chi connectivity index (χ3v) is 6.16. The summed E-state index contributed by atoms with van der Waals surface area (Å²) in [5.41, 5.74) is 3.48. The molecule has 2 aromatic carbocycles. The van der Waals surface area contributed by atoms with Gasteiger partial charge in [-0.05, 0) is 49.4 Å². The second-order valence-corrected chi connectivity index (χ2v) is 8.49. The van der Waals surface area contributed by atoms with E-state index in [1.807, 2.05) is 47.4 Å². The summed E-state index contributed by atoms with van der Waals surface area (Å²) in [4.78, 5) is 14.9. The standard InChI is InChI=1S/C28H28N4O2/c1-2-7-24-18-25(32(28(24)33)17-6-10-21-8-4-3-5-9-21)20-34-27-16-15-26(30-31-27)23-13-11-22(19-29)12-14-23/h2-5,8-9,11-16,24-25H,1,6-7,10,17-18,20H2/t24-,25+/m1/s1. The number of nitriles is 1. The van der Waals surface area contributed by atoms with E-state index in [2.05, 4.69) is 35.0 Å². The van der Waals surface area contributed by atoms with Gasteiger partial charge in [0.25, 0.3) is 0 Å². The van der Waals surface area contributed by atoms with Crippen LogP contribution in [0.2, 0.25) is 0 Å². The maximum Gasteiger partial charge on any atom is 0.233 e. The van der Waals surface area contributed by atoms with Crippen molar-refractivity contribution in [2.75, 3.05) is 13.2 Å². The molecule has 1 aliphatic rings. The fraction of sp³-hybridized carbons (Fsp3) is 0.286. The number of amides is 1. The lowest BCUT2D eigenvalue weighted by atomic mass is 10.0. The van der Waals surface area contributed by atoms with E-state index in [0.29, 0.717) is 36.7 Å². The molecule has 0 radical (unpaired) electrons. The van der Waals surface area contributed by atoms with Gasteiger partial charge in [-0.2, -0.15) is 5.26 Å². The van der Waals surface area contributed by atoms with E-state index in [1.54, 1.807) is 18.2 Å². The van der Waals surface area contributed by atoms with Crippen LogP contribution < -0.4 is 4.74 Å². The predicted molar refractivity (Wildman–Crippen MR) is 131 cm³/mol. The fourth-order valence-electron chi connectivity index (χ4n) is 4.37. The molecule has 0 aliphatic carbocycles. The average Bonchev–Trinajstić information content (AvgIpc) is 3.18. The Morgan fingerprint density at radius 1 is 1.09 bits per heavy atom. The minimum atomic E-state index is -0.0346. The predicted octanol–water partition coefficient (Wildman–Crippen LogP) is 4.82. The van der Waals surface area contributed by atoms with Gasteiger partial charge in [-0.15, -0.1) is 16.8 Å². The maximum absolute atomic E-state index is 13.0. The van der Waals surface area contributed by atoms with E-state index in [0.717, 1.165) is 24.8 Å². The van der Waals surface area contributed by atoms with Crippen LogP contribution in [0.5, 0.6) is 5.88 Å². The van der Waals surface area contributed by atoms with Crippen LogP contribution >= 0.6 is 0 Å². The van der Waals surface area contributed by atoms with Crippen molar-refractivity contribution in [3.05, 3.63) is 90.5 Å². The zero-order valence-electron chi connectivity index (χ0n) is 19.1. The molecule has 0 spiro atoms. The molecule has 0 saturated carbocycles. The van der Waals surface area contributed by atoms with E-state index in [9.17, 15) is 4.79 Å². The van der Waals surface area contributed by atoms with Crippen LogP contribution in [0.4, 0.5) is 0 Å². The number of nitrogens with zero attached hydrogens (tertiary/aromatic N) is 4. The molecular formula is C28H28N4O2. The van der Waals surface area contributed by atoms with Gasteiger partial charge in [0.2, 0.25) is 11.8 Å². The number of aromatic nitrogens is 2. The van der Waals surface area contributed by atoms with E-state index in [1.165, 1.54) is 5.56 Å². The van der Waals surface area contributed by atoms with Gasteiger partial charge in [0.1, 0.15) is 6.61 Å². The smallest absolute Gasteiger partial charge is 0.233 e. The van der Waals surface area contributed by atoms with Gasteiger partial charge in [-0.25, -0.2) is 0 Å². The lowest BCUT2D eigenvalue weighted by molar-refractivity contribution is -0.132. The summed E-state index contributed by atoms with van der Waals surface area (Å²) in [6.45, 7) is 4.90. The van der Waals surface area contributed by atoms with Crippen molar-refractivity contribution < 1.29 is 9.53 Å². The number of ether oxygens (including phenoxy) is 1. The quantitative estimate of drug-likeness (QED) is 0.412. The molecule has 34 heavy (non-hydrogen) atoms. The third kappa shape index (κ3) is 5.68. The Labute approximate surface area is 200 Å². The summed E-state index contributed by atoms with van der Waals surface area (Å²) in [5, 5.41) is 17.4. The first-order chi connectivity index (χ1) is 16.7. The van der Waals surface area contributed by atoms with Crippen molar-refractivity contribution in [1.29, 1.82) is 5.26 Å². The minimum absolute atomic E-state index is 0.00762. The molecule has 1 aliphatic heterocycles. The van der Waals surface area contributed by atoms with Gasteiger partial charge in [-0.3, -0.25) is 4.79 Å². The normalized spacial score (nSPS) is 17.4. The summed E-state index contributed by atoms with van der Waals surface area (Å²) in [6.07, 6.45) is 5.11.